The van der Waals surface area contributed by atoms with E-state index in [1.54, 1.807) is 0 Å². The summed E-state index contributed by atoms with van der Waals surface area (Å²) < 4.78 is 37.8. The van der Waals surface area contributed by atoms with Crippen molar-refractivity contribution in [2.75, 3.05) is 20.8 Å². The van der Waals surface area contributed by atoms with Gasteiger partial charge in [0.15, 0.2) is 5.85 Å². The summed E-state index contributed by atoms with van der Waals surface area (Å²) in [6, 6.07) is 0. The predicted molar refractivity (Wildman–Crippen MR) is 71.7 cm³/mol. The molecule has 1 fully saturated rings. The lowest BCUT2D eigenvalue weighted by Gasteiger charge is -2.37. The Morgan fingerprint density at radius 1 is 1.14 bits per heavy atom. The van der Waals surface area contributed by atoms with E-state index in [0.717, 1.165) is 0 Å². The summed E-state index contributed by atoms with van der Waals surface area (Å²) in [7, 11) is -0.864. The fourth-order valence-corrected chi connectivity index (χ4v) is 3.48. The number of hydrogen-bond acceptors (Lipinski definition) is 8. The molecule has 1 aliphatic rings. The highest BCUT2D eigenvalue weighted by molar-refractivity contribution is 7.54. The van der Waals surface area contributed by atoms with E-state index in [0.29, 0.717) is 12.8 Å². The lowest BCUT2D eigenvalue weighted by atomic mass is 10.1. The standard InChI is InChI=1S/C12H21O8P/c1-8(13)18-7-11-10(19-9(2)14)5-6-12(20-11)21(15,16-3)17-4/h10-12H,5-7H2,1-4H3/t10-,11+,12+/m0/s1. The zero-order chi connectivity index (χ0) is 16.0. The Balaban J connectivity index is 2.79. The van der Waals surface area contributed by atoms with E-state index in [-0.39, 0.29) is 6.61 Å². The van der Waals surface area contributed by atoms with Crippen LogP contribution in [0.2, 0.25) is 0 Å². The largest absolute Gasteiger partial charge is 0.463 e. The van der Waals surface area contributed by atoms with Crippen LogP contribution >= 0.6 is 7.60 Å². The van der Waals surface area contributed by atoms with E-state index in [4.69, 9.17) is 23.3 Å². The molecule has 9 heteroatoms. The molecule has 0 aromatic rings. The molecule has 0 amide bonds. The molecule has 3 atom stereocenters. The number of hydrogen-bond donors (Lipinski definition) is 0. The van der Waals surface area contributed by atoms with Gasteiger partial charge in [-0.15, -0.1) is 0 Å². The van der Waals surface area contributed by atoms with Crippen molar-refractivity contribution >= 4 is 19.5 Å². The Kier molecular flexibility index (Phi) is 6.80. The minimum atomic E-state index is -3.41. The van der Waals surface area contributed by atoms with E-state index in [1.165, 1.54) is 28.1 Å². The first-order valence-corrected chi connectivity index (χ1v) is 8.10. The van der Waals surface area contributed by atoms with Crippen LogP contribution in [0.25, 0.3) is 0 Å². The molecule has 0 aromatic carbocycles. The lowest BCUT2D eigenvalue weighted by molar-refractivity contribution is -0.174. The highest BCUT2D eigenvalue weighted by Gasteiger charge is 2.43. The van der Waals surface area contributed by atoms with Crippen LogP contribution in [0.15, 0.2) is 0 Å². The van der Waals surface area contributed by atoms with Crippen molar-refractivity contribution in [3.05, 3.63) is 0 Å². The second kappa shape index (κ2) is 7.89. The number of rotatable bonds is 6. The second-order valence-electron chi connectivity index (χ2n) is 4.56. The van der Waals surface area contributed by atoms with Crippen LogP contribution < -0.4 is 0 Å². The van der Waals surface area contributed by atoms with Gasteiger partial charge in [-0.3, -0.25) is 14.2 Å². The van der Waals surface area contributed by atoms with Gasteiger partial charge in [0.05, 0.1) is 0 Å². The van der Waals surface area contributed by atoms with Crippen molar-refractivity contribution in [2.45, 2.75) is 44.7 Å². The van der Waals surface area contributed by atoms with Gasteiger partial charge in [0, 0.05) is 28.1 Å². The Morgan fingerprint density at radius 3 is 2.24 bits per heavy atom. The van der Waals surface area contributed by atoms with Crippen molar-refractivity contribution in [3.63, 3.8) is 0 Å². The number of esters is 2. The molecular formula is C12H21O8P. The first-order chi connectivity index (χ1) is 9.82. The molecule has 0 radical (unpaired) electrons. The van der Waals surface area contributed by atoms with E-state index >= 15 is 0 Å². The van der Waals surface area contributed by atoms with Gasteiger partial charge in [-0.1, -0.05) is 0 Å². The van der Waals surface area contributed by atoms with Crippen molar-refractivity contribution in [3.8, 4) is 0 Å². The van der Waals surface area contributed by atoms with Crippen LogP contribution in [0.5, 0.6) is 0 Å². The minimum absolute atomic E-state index is 0.1000. The zero-order valence-corrected chi connectivity index (χ0v) is 13.5. The fraction of sp³-hybridized carbons (Fsp3) is 0.833. The molecule has 8 nitrogen and oxygen atoms in total. The number of carbonyl (C=O) groups excluding carboxylic acids is 2. The summed E-state index contributed by atoms with van der Waals surface area (Å²) in [6.07, 6.45) is -0.532. The second-order valence-corrected chi connectivity index (χ2v) is 6.95. The maximum atomic E-state index is 12.3. The summed E-state index contributed by atoms with van der Waals surface area (Å²) in [4.78, 5) is 22.0. The zero-order valence-electron chi connectivity index (χ0n) is 12.6. The van der Waals surface area contributed by atoms with Gasteiger partial charge in [0.25, 0.3) is 0 Å². The van der Waals surface area contributed by atoms with Gasteiger partial charge in [0.2, 0.25) is 0 Å². The maximum Gasteiger partial charge on any atom is 0.358 e. The third-order valence-electron chi connectivity index (χ3n) is 3.07. The average Bonchev–Trinajstić information content (AvgIpc) is 2.44. The van der Waals surface area contributed by atoms with Gasteiger partial charge in [0.1, 0.15) is 18.8 Å². The Bertz CT molecular complexity index is 415. The fourth-order valence-electron chi connectivity index (χ4n) is 2.09. The quantitative estimate of drug-likeness (QED) is 0.535. The molecule has 1 heterocycles. The highest BCUT2D eigenvalue weighted by Crippen LogP contribution is 2.55. The Morgan fingerprint density at radius 2 is 1.76 bits per heavy atom. The van der Waals surface area contributed by atoms with Crippen LogP contribution in [0, 0.1) is 0 Å². The molecule has 1 saturated heterocycles. The Hall–Kier alpha value is -0.950. The van der Waals surface area contributed by atoms with Crippen LogP contribution in [0.3, 0.4) is 0 Å². The molecular weight excluding hydrogens is 303 g/mol. The van der Waals surface area contributed by atoms with Crippen LogP contribution in [-0.2, 0) is 37.4 Å². The monoisotopic (exact) mass is 324 g/mol. The van der Waals surface area contributed by atoms with Gasteiger partial charge < -0.3 is 23.3 Å². The van der Waals surface area contributed by atoms with Crippen molar-refractivity contribution in [1.29, 1.82) is 0 Å². The summed E-state index contributed by atoms with van der Waals surface area (Å²) in [5, 5.41) is 0. The first kappa shape index (κ1) is 18.1. The van der Waals surface area contributed by atoms with E-state index in [2.05, 4.69) is 0 Å². The van der Waals surface area contributed by atoms with Crippen LogP contribution in [0.1, 0.15) is 26.7 Å². The lowest BCUT2D eigenvalue weighted by Crippen LogP contribution is -2.44. The third kappa shape index (κ3) is 5.07. The van der Waals surface area contributed by atoms with Crippen LogP contribution in [-0.4, -0.2) is 50.8 Å². The SMILES string of the molecule is COP(=O)(OC)[C@@H]1CC[C@H](OC(C)=O)[C@@H](COC(C)=O)O1. The molecule has 0 spiro atoms. The first-order valence-electron chi connectivity index (χ1n) is 6.49. The summed E-state index contributed by atoms with van der Waals surface area (Å²) in [6.45, 7) is 2.44. The summed E-state index contributed by atoms with van der Waals surface area (Å²) >= 11 is 0. The molecule has 1 rings (SSSR count). The molecule has 0 unspecified atom stereocenters. The molecule has 1 aliphatic heterocycles. The van der Waals surface area contributed by atoms with Gasteiger partial charge in [-0.2, -0.15) is 0 Å². The normalized spacial score (nSPS) is 26.2. The molecule has 0 N–H and O–H groups in total. The van der Waals surface area contributed by atoms with Gasteiger partial charge in [-0.25, -0.2) is 0 Å². The average molecular weight is 324 g/mol. The van der Waals surface area contributed by atoms with Gasteiger partial charge >= 0.3 is 19.5 Å². The van der Waals surface area contributed by atoms with E-state index < -0.39 is 37.6 Å². The molecule has 0 saturated carbocycles. The summed E-state index contributed by atoms with van der Waals surface area (Å²) in [5.41, 5.74) is 0. The molecule has 21 heavy (non-hydrogen) atoms. The highest BCUT2D eigenvalue weighted by atomic mass is 31.2. The van der Waals surface area contributed by atoms with Gasteiger partial charge in [-0.05, 0) is 12.8 Å². The topological polar surface area (TPSA) is 97.4 Å². The maximum absolute atomic E-state index is 12.3. The molecule has 0 aliphatic carbocycles. The van der Waals surface area contributed by atoms with E-state index in [1.807, 2.05) is 0 Å². The molecule has 122 valence electrons. The molecule has 0 aromatic heterocycles. The van der Waals surface area contributed by atoms with Crippen molar-refractivity contribution < 1.29 is 37.4 Å². The predicted octanol–water partition coefficient (Wildman–Crippen LogP) is 1.47. The number of ether oxygens (including phenoxy) is 3. The van der Waals surface area contributed by atoms with Crippen LogP contribution in [0.4, 0.5) is 0 Å². The number of carbonyl (C=O) groups is 2. The van der Waals surface area contributed by atoms with Crippen molar-refractivity contribution in [1.82, 2.24) is 0 Å². The Labute approximate surface area is 123 Å². The van der Waals surface area contributed by atoms with Crippen molar-refractivity contribution in [2.24, 2.45) is 0 Å². The van der Waals surface area contributed by atoms with E-state index in [9.17, 15) is 14.2 Å². The summed E-state index contributed by atoms with van der Waals surface area (Å²) in [5.74, 6) is -1.74. The third-order valence-corrected chi connectivity index (χ3v) is 5.18. The minimum Gasteiger partial charge on any atom is -0.463 e. The smallest absolute Gasteiger partial charge is 0.358 e. The molecule has 0 bridgehead atoms.